The fourth-order valence-corrected chi connectivity index (χ4v) is 2.71. The zero-order valence-electron chi connectivity index (χ0n) is 12.7. The SMILES string of the molecule is N#C/C(=C/c1ccc(N2CCOCC2)cc1)c1ccc(Cl)cc1. The van der Waals surface area contributed by atoms with Gasteiger partial charge in [-0.25, -0.2) is 0 Å². The zero-order chi connectivity index (χ0) is 16.1. The largest absolute Gasteiger partial charge is 0.378 e. The third kappa shape index (κ3) is 3.92. The van der Waals surface area contributed by atoms with Gasteiger partial charge in [-0.1, -0.05) is 35.9 Å². The van der Waals surface area contributed by atoms with Crippen molar-refractivity contribution >= 4 is 28.9 Å². The van der Waals surface area contributed by atoms with Crippen molar-refractivity contribution in [2.75, 3.05) is 31.2 Å². The fourth-order valence-electron chi connectivity index (χ4n) is 2.58. The van der Waals surface area contributed by atoms with Crippen LogP contribution >= 0.6 is 11.6 Å². The van der Waals surface area contributed by atoms with Gasteiger partial charge in [0.1, 0.15) is 0 Å². The van der Waals surface area contributed by atoms with Crippen LogP contribution < -0.4 is 4.90 Å². The number of hydrogen-bond donors (Lipinski definition) is 0. The van der Waals surface area contributed by atoms with Crippen LogP contribution in [0.2, 0.25) is 5.02 Å². The second kappa shape index (κ2) is 7.32. The minimum absolute atomic E-state index is 0.626. The molecule has 0 unspecified atom stereocenters. The molecule has 0 amide bonds. The molecule has 4 heteroatoms. The molecule has 3 rings (SSSR count). The number of morpholine rings is 1. The molecular formula is C19H17ClN2O. The number of anilines is 1. The summed E-state index contributed by atoms with van der Waals surface area (Å²) >= 11 is 5.90. The molecule has 0 bridgehead atoms. The Morgan fingerprint density at radius 1 is 1.04 bits per heavy atom. The van der Waals surface area contributed by atoms with Crippen molar-refractivity contribution < 1.29 is 4.74 Å². The van der Waals surface area contributed by atoms with E-state index in [1.54, 1.807) is 12.1 Å². The summed E-state index contributed by atoms with van der Waals surface area (Å²) in [6, 6.07) is 17.8. The number of halogens is 1. The zero-order valence-corrected chi connectivity index (χ0v) is 13.5. The normalized spacial score (nSPS) is 15.3. The molecule has 3 nitrogen and oxygen atoms in total. The van der Waals surface area contributed by atoms with Gasteiger partial charge < -0.3 is 9.64 Å². The van der Waals surface area contributed by atoms with E-state index in [9.17, 15) is 5.26 Å². The number of hydrogen-bond acceptors (Lipinski definition) is 3. The van der Waals surface area contributed by atoms with Gasteiger partial charge in [0.25, 0.3) is 0 Å². The summed E-state index contributed by atoms with van der Waals surface area (Å²) < 4.78 is 5.37. The van der Waals surface area contributed by atoms with Crippen LogP contribution in [0.25, 0.3) is 11.6 Å². The fraction of sp³-hybridized carbons (Fsp3) is 0.211. The van der Waals surface area contributed by atoms with Crippen molar-refractivity contribution in [1.29, 1.82) is 5.26 Å². The maximum atomic E-state index is 9.40. The molecule has 0 spiro atoms. The van der Waals surface area contributed by atoms with Gasteiger partial charge >= 0.3 is 0 Å². The minimum atomic E-state index is 0.626. The van der Waals surface area contributed by atoms with Crippen LogP contribution in [0.1, 0.15) is 11.1 Å². The first kappa shape index (κ1) is 15.6. The molecule has 0 aromatic heterocycles. The Morgan fingerprint density at radius 3 is 2.30 bits per heavy atom. The van der Waals surface area contributed by atoms with E-state index in [-0.39, 0.29) is 0 Å². The van der Waals surface area contributed by atoms with E-state index in [1.807, 2.05) is 30.3 Å². The van der Waals surface area contributed by atoms with E-state index in [4.69, 9.17) is 16.3 Å². The highest BCUT2D eigenvalue weighted by atomic mass is 35.5. The van der Waals surface area contributed by atoms with E-state index >= 15 is 0 Å². The highest BCUT2D eigenvalue weighted by Gasteiger charge is 2.10. The molecule has 1 fully saturated rings. The number of allylic oxidation sites excluding steroid dienone is 1. The minimum Gasteiger partial charge on any atom is -0.378 e. The summed E-state index contributed by atoms with van der Waals surface area (Å²) in [7, 11) is 0. The summed E-state index contributed by atoms with van der Waals surface area (Å²) in [5.74, 6) is 0. The van der Waals surface area contributed by atoms with Crippen LogP contribution in [0.3, 0.4) is 0 Å². The van der Waals surface area contributed by atoms with E-state index in [2.05, 4.69) is 23.1 Å². The molecule has 116 valence electrons. The third-order valence-corrected chi connectivity index (χ3v) is 4.11. The molecule has 0 aliphatic carbocycles. The molecule has 0 N–H and O–H groups in total. The summed E-state index contributed by atoms with van der Waals surface area (Å²) in [5.41, 5.74) is 3.69. The smallest absolute Gasteiger partial charge is 0.0998 e. The van der Waals surface area contributed by atoms with Crippen LogP contribution in [0.15, 0.2) is 48.5 Å². The highest BCUT2D eigenvalue weighted by Crippen LogP contribution is 2.22. The van der Waals surface area contributed by atoms with E-state index in [1.165, 1.54) is 5.69 Å². The molecule has 1 aliphatic heterocycles. The van der Waals surface area contributed by atoms with Crippen LogP contribution in [0, 0.1) is 11.3 Å². The van der Waals surface area contributed by atoms with Gasteiger partial charge in [0.2, 0.25) is 0 Å². The second-order valence-electron chi connectivity index (χ2n) is 5.37. The summed E-state index contributed by atoms with van der Waals surface area (Å²) in [6.07, 6.45) is 1.90. The average molecular weight is 325 g/mol. The maximum absolute atomic E-state index is 9.40. The van der Waals surface area contributed by atoms with Crippen molar-refractivity contribution in [1.82, 2.24) is 0 Å². The Kier molecular flexibility index (Phi) is 4.97. The van der Waals surface area contributed by atoms with Crippen molar-refractivity contribution in [2.45, 2.75) is 0 Å². The van der Waals surface area contributed by atoms with Crippen LogP contribution in [0.5, 0.6) is 0 Å². The molecule has 1 saturated heterocycles. The Labute approximate surface area is 141 Å². The number of nitrogens with zero attached hydrogens (tertiary/aromatic N) is 2. The van der Waals surface area contributed by atoms with Gasteiger partial charge in [0.15, 0.2) is 0 Å². The lowest BCUT2D eigenvalue weighted by Crippen LogP contribution is -2.36. The molecule has 1 heterocycles. The van der Waals surface area contributed by atoms with E-state index in [0.717, 1.165) is 37.4 Å². The second-order valence-corrected chi connectivity index (χ2v) is 5.80. The number of benzene rings is 2. The van der Waals surface area contributed by atoms with Gasteiger partial charge in [-0.05, 0) is 41.5 Å². The molecule has 2 aromatic carbocycles. The Hall–Kier alpha value is -2.28. The Bertz CT molecular complexity index is 723. The summed E-state index contributed by atoms with van der Waals surface area (Å²) in [4.78, 5) is 2.31. The molecule has 0 saturated carbocycles. The van der Waals surface area contributed by atoms with Gasteiger partial charge in [-0.15, -0.1) is 0 Å². The van der Waals surface area contributed by atoms with Gasteiger partial charge in [-0.3, -0.25) is 0 Å². The highest BCUT2D eigenvalue weighted by molar-refractivity contribution is 6.30. The predicted octanol–water partition coefficient (Wildman–Crippen LogP) is 4.24. The predicted molar refractivity (Wildman–Crippen MR) is 94.4 cm³/mol. The van der Waals surface area contributed by atoms with Crippen molar-refractivity contribution in [3.05, 3.63) is 64.7 Å². The number of ether oxygens (including phenoxy) is 1. The van der Waals surface area contributed by atoms with Gasteiger partial charge in [-0.2, -0.15) is 5.26 Å². The van der Waals surface area contributed by atoms with Crippen LogP contribution in [-0.4, -0.2) is 26.3 Å². The first-order valence-corrected chi connectivity index (χ1v) is 7.94. The van der Waals surface area contributed by atoms with Crippen LogP contribution in [-0.2, 0) is 4.74 Å². The Morgan fingerprint density at radius 2 is 1.70 bits per heavy atom. The lowest BCUT2D eigenvalue weighted by atomic mass is 10.0. The molecular weight excluding hydrogens is 308 g/mol. The quantitative estimate of drug-likeness (QED) is 0.626. The molecule has 1 aliphatic rings. The first-order chi connectivity index (χ1) is 11.3. The first-order valence-electron chi connectivity index (χ1n) is 7.57. The third-order valence-electron chi connectivity index (χ3n) is 3.86. The maximum Gasteiger partial charge on any atom is 0.0998 e. The van der Waals surface area contributed by atoms with Gasteiger partial charge in [0.05, 0.1) is 24.9 Å². The standard InChI is InChI=1S/C19H17ClN2O/c20-18-5-3-16(4-6-18)17(14-21)13-15-1-7-19(8-2-15)22-9-11-23-12-10-22/h1-8,13H,9-12H2/b17-13-. The Balaban J connectivity index is 1.80. The average Bonchev–Trinajstić information content (AvgIpc) is 2.62. The molecule has 2 aromatic rings. The summed E-state index contributed by atoms with van der Waals surface area (Å²) in [6.45, 7) is 3.39. The lowest BCUT2D eigenvalue weighted by molar-refractivity contribution is 0.122. The molecule has 0 radical (unpaired) electrons. The monoisotopic (exact) mass is 324 g/mol. The molecule has 0 atom stereocenters. The topological polar surface area (TPSA) is 36.3 Å². The van der Waals surface area contributed by atoms with Crippen molar-refractivity contribution in [2.24, 2.45) is 0 Å². The van der Waals surface area contributed by atoms with Gasteiger partial charge in [0, 0.05) is 23.8 Å². The lowest BCUT2D eigenvalue weighted by Gasteiger charge is -2.28. The summed E-state index contributed by atoms with van der Waals surface area (Å²) in [5, 5.41) is 10.1. The number of nitriles is 1. The van der Waals surface area contributed by atoms with E-state index in [0.29, 0.717) is 10.6 Å². The number of rotatable bonds is 3. The van der Waals surface area contributed by atoms with Crippen LogP contribution in [0.4, 0.5) is 5.69 Å². The molecule has 23 heavy (non-hydrogen) atoms. The van der Waals surface area contributed by atoms with Crippen molar-refractivity contribution in [3.8, 4) is 6.07 Å². The van der Waals surface area contributed by atoms with Crippen molar-refractivity contribution in [3.63, 3.8) is 0 Å². The van der Waals surface area contributed by atoms with E-state index < -0.39 is 0 Å².